The molecule has 0 N–H and O–H groups in total. The molecule has 0 radical (unpaired) electrons. The lowest BCUT2D eigenvalue weighted by atomic mass is 9.88. The minimum atomic E-state index is -0.136. The number of fused-ring (bicyclic) bond motifs is 1. The third kappa shape index (κ3) is 3.23. The quantitative estimate of drug-likeness (QED) is 0.645. The van der Waals surface area contributed by atoms with E-state index in [-0.39, 0.29) is 11.3 Å². The van der Waals surface area contributed by atoms with Crippen molar-refractivity contribution in [1.29, 1.82) is 0 Å². The fourth-order valence-corrected chi connectivity index (χ4v) is 4.18. The lowest BCUT2D eigenvalue weighted by Gasteiger charge is -2.35. The Morgan fingerprint density at radius 1 is 1.31 bits per heavy atom. The largest absolute Gasteiger partial charge is 0.376 e. The lowest BCUT2D eigenvalue weighted by molar-refractivity contribution is -0.0747. The maximum atomic E-state index is 13.3. The molecule has 136 valence electrons. The Kier molecular flexibility index (Phi) is 4.49. The molecule has 0 saturated carbocycles. The van der Waals surface area contributed by atoms with E-state index in [4.69, 9.17) is 4.74 Å². The summed E-state index contributed by atoms with van der Waals surface area (Å²) in [6.07, 6.45) is 3.65. The molecular weight excluding hydrogens is 394 g/mol. The van der Waals surface area contributed by atoms with E-state index in [1.807, 2.05) is 41.0 Å². The van der Waals surface area contributed by atoms with Gasteiger partial charge in [0.25, 0.3) is 0 Å². The summed E-state index contributed by atoms with van der Waals surface area (Å²) in [5.74, 6) is 0.408. The molecule has 6 heteroatoms. The highest BCUT2D eigenvalue weighted by atomic mass is 79.9. The first-order valence-electron chi connectivity index (χ1n) is 8.91. The number of benzene rings is 1. The molecule has 1 atom stereocenters. The first-order valence-corrected chi connectivity index (χ1v) is 9.70. The molecule has 1 aliphatic rings. The first-order chi connectivity index (χ1) is 12.4. The highest BCUT2D eigenvalue weighted by Crippen LogP contribution is 2.30. The van der Waals surface area contributed by atoms with Crippen LogP contribution in [0.15, 0.2) is 51.9 Å². The van der Waals surface area contributed by atoms with E-state index in [0.29, 0.717) is 18.1 Å². The topological polar surface area (TPSA) is 49.0 Å². The third-order valence-corrected chi connectivity index (χ3v) is 5.43. The number of nitrogens with zero attached hydrogens (tertiary/aromatic N) is 3. The monoisotopic (exact) mass is 415 g/mol. The summed E-state index contributed by atoms with van der Waals surface area (Å²) >= 11 is 3.49. The molecule has 2 aromatic heterocycles. The van der Waals surface area contributed by atoms with Gasteiger partial charge in [-0.3, -0.25) is 4.57 Å². The third-order valence-electron chi connectivity index (χ3n) is 4.99. The normalized spacial score (nSPS) is 19.7. The zero-order valence-electron chi connectivity index (χ0n) is 15.0. The van der Waals surface area contributed by atoms with Gasteiger partial charge in [-0.15, -0.1) is 0 Å². The number of aromatic nitrogens is 3. The van der Waals surface area contributed by atoms with Gasteiger partial charge in [-0.1, -0.05) is 18.2 Å². The Morgan fingerprint density at radius 3 is 2.81 bits per heavy atom. The van der Waals surface area contributed by atoms with Gasteiger partial charge in [-0.2, -0.15) is 0 Å². The number of rotatable bonds is 3. The molecule has 0 bridgehead atoms. The fourth-order valence-electron chi connectivity index (χ4n) is 3.86. The molecule has 1 saturated heterocycles. The fraction of sp³-hybridized carbons (Fsp3) is 0.400. The van der Waals surface area contributed by atoms with E-state index in [0.717, 1.165) is 35.1 Å². The Hall–Kier alpha value is -1.92. The van der Waals surface area contributed by atoms with Crippen LogP contribution in [0, 0.1) is 5.92 Å². The predicted octanol–water partition coefficient (Wildman–Crippen LogP) is 4.15. The highest BCUT2D eigenvalue weighted by Gasteiger charge is 2.30. The molecule has 4 rings (SSSR count). The molecule has 0 spiro atoms. The number of para-hydroxylation sites is 1. The molecule has 0 amide bonds. The van der Waals surface area contributed by atoms with Gasteiger partial charge in [0.05, 0.1) is 16.8 Å². The van der Waals surface area contributed by atoms with Gasteiger partial charge in [0.2, 0.25) is 0 Å². The summed E-state index contributed by atoms with van der Waals surface area (Å²) in [6.45, 7) is 5.66. The van der Waals surface area contributed by atoms with Gasteiger partial charge in [0.15, 0.2) is 5.65 Å². The predicted molar refractivity (Wildman–Crippen MR) is 106 cm³/mol. The maximum Gasteiger partial charge on any atom is 0.334 e. The van der Waals surface area contributed by atoms with Crippen LogP contribution >= 0.6 is 15.9 Å². The number of halogens is 1. The summed E-state index contributed by atoms with van der Waals surface area (Å²) in [4.78, 5) is 17.8. The van der Waals surface area contributed by atoms with Crippen LogP contribution in [0.25, 0.3) is 16.9 Å². The molecule has 26 heavy (non-hydrogen) atoms. The van der Waals surface area contributed by atoms with Gasteiger partial charge >= 0.3 is 5.69 Å². The van der Waals surface area contributed by atoms with Crippen molar-refractivity contribution in [2.24, 2.45) is 5.92 Å². The maximum absolute atomic E-state index is 13.3. The van der Waals surface area contributed by atoms with Crippen molar-refractivity contribution in [2.45, 2.75) is 38.8 Å². The van der Waals surface area contributed by atoms with E-state index in [1.54, 1.807) is 10.8 Å². The summed E-state index contributed by atoms with van der Waals surface area (Å²) in [5.41, 5.74) is 2.21. The van der Waals surface area contributed by atoms with Crippen LogP contribution in [-0.4, -0.2) is 26.3 Å². The molecule has 1 unspecified atom stereocenters. The Labute approximate surface area is 160 Å². The second-order valence-corrected chi connectivity index (χ2v) is 8.44. The van der Waals surface area contributed by atoms with Gasteiger partial charge in [-0.25, -0.2) is 14.3 Å². The second-order valence-electron chi connectivity index (χ2n) is 7.53. The first kappa shape index (κ1) is 17.5. The smallest absolute Gasteiger partial charge is 0.334 e. The van der Waals surface area contributed by atoms with E-state index in [2.05, 4.69) is 34.8 Å². The molecular formula is C20H22BrN3O2. The van der Waals surface area contributed by atoms with E-state index in [1.165, 1.54) is 0 Å². The van der Waals surface area contributed by atoms with E-state index >= 15 is 0 Å². The molecule has 0 aliphatic carbocycles. The number of hydrogen-bond donors (Lipinski definition) is 0. The standard InChI is InChI=1S/C20H22BrN3O2/c1-20(2)11-14(8-9-26-20)13-23-17-10-15(21)12-22-18(17)24(19(23)25)16-6-4-3-5-7-16/h3-7,10,12,14H,8-9,11,13H2,1-2H3. The number of ether oxygens (including phenoxy) is 1. The van der Waals surface area contributed by atoms with Crippen LogP contribution in [0.2, 0.25) is 0 Å². The zero-order chi connectivity index (χ0) is 18.3. The van der Waals surface area contributed by atoms with Crippen LogP contribution < -0.4 is 5.69 Å². The number of imidazole rings is 1. The Bertz CT molecular complexity index is 991. The zero-order valence-corrected chi connectivity index (χ0v) is 16.6. The summed E-state index contributed by atoms with van der Waals surface area (Å²) in [6, 6.07) is 11.7. The second kappa shape index (κ2) is 6.67. The number of hydrogen-bond acceptors (Lipinski definition) is 3. The lowest BCUT2D eigenvalue weighted by Crippen LogP contribution is -2.37. The van der Waals surface area contributed by atoms with E-state index in [9.17, 15) is 4.79 Å². The van der Waals surface area contributed by atoms with Gasteiger partial charge in [0.1, 0.15) is 0 Å². The highest BCUT2D eigenvalue weighted by molar-refractivity contribution is 9.10. The minimum absolute atomic E-state index is 0.0407. The summed E-state index contributed by atoms with van der Waals surface area (Å²) < 4.78 is 10.3. The van der Waals surface area contributed by atoms with Crippen molar-refractivity contribution < 1.29 is 4.74 Å². The van der Waals surface area contributed by atoms with Gasteiger partial charge < -0.3 is 4.74 Å². The van der Waals surface area contributed by atoms with Crippen molar-refractivity contribution >= 4 is 27.1 Å². The molecule has 5 nitrogen and oxygen atoms in total. The summed E-state index contributed by atoms with van der Waals surface area (Å²) in [5, 5.41) is 0. The minimum Gasteiger partial charge on any atom is -0.376 e. The average molecular weight is 416 g/mol. The average Bonchev–Trinajstić information content (AvgIpc) is 2.86. The van der Waals surface area contributed by atoms with Crippen LogP contribution in [0.3, 0.4) is 0 Å². The van der Waals surface area contributed by atoms with Crippen molar-refractivity contribution in [1.82, 2.24) is 14.1 Å². The van der Waals surface area contributed by atoms with Crippen LogP contribution in [0.1, 0.15) is 26.7 Å². The van der Waals surface area contributed by atoms with Crippen LogP contribution in [-0.2, 0) is 11.3 Å². The van der Waals surface area contributed by atoms with Crippen LogP contribution in [0.4, 0.5) is 0 Å². The van der Waals surface area contributed by atoms with Crippen LogP contribution in [0.5, 0.6) is 0 Å². The number of pyridine rings is 1. The van der Waals surface area contributed by atoms with E-state index < -0.39 is 0 Å². The Balaban J connectivity index is 1.83. The Morgan fingerprint density at radius 2 is 2.08 bits per heavy atom. The van der Waals surface area contributed by atoms with Crippen molar-refractivity contribution in [3.05, 3.63) is 57.6 Å². The van der Waals surface area contributed by atoms with Gasteiger partial charge in [-0.05, 0) is 66.7 Å². The molecule has 1 aromatic carbocycles. The molecule has 1 aliphatic heterocycles. The SMILES string of the molecule is CC1(C)CC(Cn2c(=O)n(-c3ccccc3)c3ncc(Br)cc32)CCO1. The van der Waals surface area contributed by atoms with Crippen molar-refractivity contribution in [3.8, 4) is 5.69 Å². The molecule has 1 fully saturated rings. The molecule has 3 aromatic rings. The summed E-state index contributed by atoms with van der Waals surface area (Å²) in [7, 11) is 0. The van der Waals surface area contributed by atoms with Gasteiger partial charge in [0, 0.05) is 23.8 Å². The van der Waals surface area contributed by atoms with Crippen molar-refractivity contribution in [3.63, 3.8) is 0 Å². The molecule has 3 heterocycles. The van der Waals surface area contributed by atoms with Crippen molar-refractivity contribution in [2.75, 3.05) is 6.61 Å².